The number of anilines is 1. The van der Waals surface area contributed by atoms with Gasteiger partial charge in [0, 0.05) is 13.1 Å². The maximum Gasteiger partial charge on any atom is 0.245 e. The Balaban J connectivity index is 2.31. The molecule has 1 atom stereocenters. The van der Waals surface area contributed by atoms with E-state index in [9.17, 15) is 4.79 Å². The van der Waals surface area contributed by atoms with Crippen molar-refractivity contribution in [3.63, 3.8) is 0 Å². The molecule has 18 heavy (non-hydrogen) atoms. The van der Waals surface area contributed by atoms with Crippen molar-refractivity contribution in [2.45, 2.75) is 12.5 Å². The van der Waals surface area contributed by atoms with Crippen molar-refractivity contribution in [2.24, 2.45) is 0 Å². The molecule has 1 fully saturated rings. The molecule has 5 nitrogen and oxygen atoms in total. The number of para-hydroxylation sites is 1. The Hall–Kier alpha value is -2.37. The second-order valence-electron chi connectivity index (χ2n) is 3.99. The lowest BCUT2D eigenvalue weighted by atomic mass is 10.1. The Morgan fingerprint density at radius 2 is 2.17 bits per heavy atom. The minimum absolute atomic E-state index is 0.143. The fourth-order valence-corrected chi connectivity index (χ4v) is 2.03. The Morgan fingerprint density at radius 1 is 1.39 bits per heavy atom. The van der Waals surface area contributed by atoms with Crippen LogP contribution in [0.4, 0.5) is 5.69 Å². The predicted octanol–water partition coefficient (Wildman–Crippen LogP) is 0.777. The van der Waals surface area contributed by atoms with E-state index >= 15 is 0 Å². The average molecular weight is 240 g/mol. The standard InChI is InChI=1S/C13H12N4O/c14-6-5-11-13(18)17(8-7-16-11)12-4-2-1-3-10(12)9-15/h1-4,11,16H,5,7-8H2. The number of amides is 1. The highest BCUT2D eigenvalue weighted by Gasteiger charge is 2.29. The smallest absolute Gasteiger partial charge is 0.245 e. The van der Waals surface area contributed by atoms with Crippen molar-refractivity contribution in [1.29, 1.82) is 10.5 Å². The summed E-state index contributed by atoms with van der Waals surface area (Å²) in [5.41, 5.74) is 1.10. The van der Waals surface area contributed by atoms with E-state index in [2.05, 4.69) is 11.4 Å². The molecule has 2 rings (SSSR count). The molecule has 1 aromatic rings. The van der Waals surface area contributed by atoms with Crippen LogP contribution in [0.1, 0.15) is 12.0 Å². The number of nitrogens with zero attached hydrogens (tertiary/aromatic N) is 3. The number of carbonyl (C=O) groups excluding carboxylic acids is 1. The highest BCUT2D eigenvalue weighted by atomic mass is 16.2. The van der Waals surface area contributed by atoms with Crippen molar-refractivity contribution >= 4 is 11.6 Å². The third-order valence-electron chi connectivity index (χ3n) is 2.90. The summed E-state index contributed by atoms with van der Waals surface area (Å²) in [6, 6.07) is 10.6. The summed E-state index contributed by atoms with van der Waals surface area (Å²) in [5, 5.41) is 20.7. The number of rotatable bonds is 2. The summed E-state index contributed by atoms with van der Waals surface area (Å²) in [6.07, 6.45) is 0.143. The molecule has 0 bridgehead atoms. The molecule has 1 saturated heterocycles. The zero-order valence-corrected chi connectivity index (χ0v) is 9.76. The van der Waals surface area contributed by atoms with Gasteiger partial charge in [-0.25, -0.2) is 0 Å². The van der Waals surface area contributed by atoms with Crippen LogP contribution in [-0.2, 0) is 4.79 Å². The molecule has 0 aromatic heterocycles. The molecule has 0 spiro atoms. The van der Waals surface area contributed by atoms with Crippen LogP contribution in [0.3, 0.4) is 0 Å². The molecule has 0 aliphatic carbocycles. The van der Waals surface area contributed by atoms with Crippen LogP contribution in [0.2, 0.25) is 0 Å². The third kappa shape index (κ3) is 2.17. The molecule has 1 aliphatic heterocycles. The SMILES string of the molecule is N#CCC1NCCN(c2ccccc2C#N)C1=O. The Morgan fingerprint density at radius 3 is 2.89 bits per heavy atom. The topological polar surface area (TPSA) is 79.9 Å². The number of carbonyl (C=O) groups is 1. The Bertz CT molecular complexity index is 541. The Kier molecular flexibility index (Phi) is 3.57. The number of hydrogen-bond acceptors (Lipinski definition) is 4. The van der Waals surface area contributed by atoms with Crippen molar-refractivity contribution in [3.8, 4) is 12.1 Å². The van der Waals surface area contributed by atoms with Gasteiger partial charge in [0.25, 0.3) is 0 Å². The average Bonchev–Trinajstić information content (AvgIpc) is 2.41. The van der Waals surface area contributed by atoms with Gasteiger partial charge < -0.3 is 10.2 Å². The molecule has 1 unspecified atom stereocenters. The lowest BCUT2D eigenvalue weighted by Gasteiger charge is -2.32. The summed E-state index contributed by atoms with van der Waals surface area (Å²) in [4.78, 5) is 13.8. The van der Waals surface area contributed by atoms with Gasteiger partial charge in [-0.2, -0.15) is 10.5 Å². The van der Waals surface area contributed by atoms with Crippen LogP contribution < -0.4 is 10.2 Å². The molecule has 0 saturated carbocycles. The quantitative estimate of drug-likeness (QED) is 0.828. The molecule has 1 aliphatic rings. The zero-order chi connectivity index (χ0) is 13.0. The summed E-state index contributed by atoms with van der Waals surface area (Å²) >= 11 is 0. The number of nitrogens with one attached hydrogen (secondary N) is 1. The monoisotopic (exact) mass is 240 g/mol. The first-order chi connectivity index (χ1) is 8.77. The van der Waals surface area contributed by atoms with Gasteiger partial charge in [0.15, 0.2) is 0 Å². The largest absolute Gasteiger partial charge is 0.308 e. The summed E-state index contributed by atoms with van der Waals surface area (Å²) in [6.45, 7) is 1.14. The normalized spacial score (nSPS) is 19.1. The first-order valence-electron chi connectivity index (χ1n) is 5.68. The number of piperazine rings is 1. The van der Waals surface area contributed by atoms with Gasteiger partial charge in [0.2, 0.25) is 5.91 Å². The molecule has 90 valence electrons. The first-order valence-corrected chi connectivity index (χ1v) is 5.68. The van der Waals surface area contributed by atoms with Crippen LogP contribution in [-0.4, -0.2) is 25.0 Å². The van der Waals surface area contributed by atoms with Gasteiger partial charge >= 0.3 is 0 Å². The van der Waals surface area contributed by atoms with Crippen LogP contribution in [0, 0.1) is 22.7 Å². The van der Waals surface area contributed by atoms with Gasteiger partial charge in [-0.1, -0.05) is 12.1 Å². The van der Waals surface area contributed by atoms with E-state index in [1.165, 1.54) is 0 Å². The number of benzene rings is 1. The summed E-state index contributed by atoms with van der Waals surface area (Å²) in [5.74, 6) is -0.148. The minimum atomic E-state index is -0.476. The maximum atomic E-state index is 12.2. The molecular formula is C13H12N4O. The van der Waals surface area contributed by atoms with E-state index in [0.717, 1.165) is 0 Å². The molecular weight excluding hydrogens is 228 g/mol. The van der Waals surface area contributed by atoms with Crippen LogP contribution >= 0.6 is 0 Å². The van der Waals surface area contributed by atoms with E-state index in [0.29, 0.717) is 24.3 Å². The van der Waals surface area contributed by atoms with Crippen molar-refractivity contribution in [2.75, 3.05) is 18.0 Å². The van der Waals surface area contributed by atoms with Crippen LogP contribution in [0.25, 0.3) is 0 Å². The molecule has 1 aromatic carbocycles. The van der Waals surface area contributed by atoms with Gasteiger partial charge in [0.05, 0.1) is 23.7 Å². The van der Waals surface area contributed by atoms with E-state index in [4.69, 9.17) is 10.5 Å². The first kappa shape index (κ1) is 12.1. The van der Waals surface area contributed by atoms with E-state index in [1.807, 2.05) is 6.07 Å². The summed E-state index contributed by atoms with van der Waals surface area (Å²) in [7, 11) is 0. The Labute approximate surface area is 105 Å². The van der Waals surface area contributed by atoms with Gasteiger partial charge in [-0.3, -0.25) is 4.79 Å². The van der Waals surface area contributed by atoms with Crippen molar-refractivity contribution in [3.05, 3.63) is 29.8 Å². The zero-order valence-electron chi connectivity index (χ0n) is 9.76. The van der Waals surface area contributed by atoms with Crippen LogP contribution in [0.15, 0.2) is 24.3 Å². The minimum Gasteiger partial charge on any atom is -0.308 e. The molecule has 1 heterocycles. The second kappa shape index (κ2) is 5.31. The third-order valence-corrected chi connectivity index (χ3v) is 2.90. The highest BCUT2D eigenvalue weighted by molar-refractivity contribution is 5.99. The molecule has 1 amide bonds. The number of nitriles is 2. The van der Waals surface area contributed by atoms with E-state index in [1.54, 1.807) is 29.2 Å². The lowest BCUT2D eigenvalue weighted by molar-refractivity contribution is -0.121. The molecule has 5 heteroatoms. The number of hydrogen-bond donors (Lipinski definition) is 1. The highest BCUT2D eigenvalue weighted by Crippen LogP contribution is 2.22. The fourth-order valence-electron chi connectivity index (χ4n) is 2.03. The predicted molar refractivity (Wildman–Crippen MR) is 65.5 cm³/mol. The lowest BCUT2D eigenvalue weighted by Crippen LogP contribution is -2.55. The van der Waals surface area contributed by atoms with Crippen molar-refractivity contribution < 1.29 is 4.79 Å². The van der Waals surface area contributed by atoms with Crippen molar-refractivity contribution in [1.82, 2.24) is 5.32 Å². The molecule has 0 radical (unpaired) electrons. The van der Waals surface area contributed by atoms with E-state index in [-0.39, 0.29) is 12.3 Å². The summed E-state index contributed by atoms with van der Waals surface area (Å²) < 4.78 is 0. The second-order valence-corrected chi connectivity index (χ2v) is 3.99. The van der Waals surface area contributed by atoms with Gasteiger partial charge in [-0.05, 0) is 12.1 Å². The maximum absolute atomic E-state index is 12.2. The van der Waals surface area contributed by atoms with E-state index < -0.39 is 6.04 Å². The van der Waals surface area contributed by atoms with Gasteiger partial charge in [-0.15, -0.1) is 0 Å². The fraction of sp³-hybridized carbons (Fsp3) is 0.308. The van der Waals surface area contributed by atoms with Crippen LogP contribution in [0.5, 0.6) is 0 Å². The van der Waals surface area contributed by atoms with Gasteiger partial charge in [0.1, 0.15) is 12.1 Å². The molecule has 1 N–H and O–H groups in total.